The zero-order valence-electron chi connectivity index (χ0n) is 6.47. The van der Waals surface area contributed by atoms with Gasteiger partial charge in [0.25, 0.3) is 0 Å². The Morgan fingerprint density at radius 3 is 0.786 bits per heavy atom. The summed E-state index contributed by atoms with van der Waals surface area (Å²) in [5.74, 6) is 0. The molecule has 0 fully saturated rings. The molecular weight excluding hydrogens is 252 g/mol. The molecule has 14 heteroatoms. The zero-order valence-corrected chi connectivity index (χ0v) is 8.10. The third-order valence-electron chi connectivity index (χ3n) is 0.188. The molecule has 0 atom stereocenters. The highest BCUT2D eigenvalue weighted by molar-refractivity contribution is 7.81. The highest BCUT2D eigenvalue weighted by Gasteiger charge is 1.97. The van der Waals surface area contributed by atoms with Gasteiger partial charge >= 0.3 is 20.8 Å². The second-order valence-electron chi connectivity index (χ2n) is 1.00. The average Bonchev–Trinajstić information content (AvgIpc) is 1.86. The molecule has 0 heterocycles. The molecule has 14 heavy (non-hydrogen) atoms. The Labute approximate surface area is 79.0 Å². The summed E-state index contributed by atoms with van der Waals surface area (Å²) in [7, 11) is -9.21. The topological polar surface area (TPSA) is 238 Å². The molecule has 92 valence electrons. The minimum Gasteiger partial charge on any atom is -0.344 e. The van der Waals surface area contributed by atoms with Gasteiger partial charge in [-0.05, 0) is 0 Å². The van der Waals surface area contributed by atoms with E-state index in [2.05, 4.69) is 8.67 Å². The maximum Gasteiger partial charge on any atom is 0.423 e. The van der Waals surface area contributed by atoms with Gasteiger partial charge in [0.1, 0.15) is 0 Å². The summed E-state index contributed by atoms with van der Waals surface area (Å²) in [6, 6.07) is 0. The highest BCUT2D eigenvalue weighted by atomic mass is 32.3. The predicted octanol–water partition coefficient (Wildman–Crippen LogP) is -1.12. The van der Waals surface area contributed by atoms with Crippen molar-refractivity contribution < 1.29 is 45.1 Å². The van der Waals surface area contributed by atoms with Crippen molar-refractivity contribution in [3.63, 3.8) is 0 Å². The fourth-order valence-electron chi connectivity index (χ4n) is 0. The van der Waals surface area contributed by atoms with Crippen LogP contribution in [0.3, 0.4) is 0 Å². The quantitative estimate of drug-likeness (QED) is 0.197. The predicted molar refractivity (Wildman–Crippen MR) is 40.6 cm³/mol. The van der Waals surface area contributed by atoms with Crippen LogP contribution in [0.4, 0.5) is 0 Å². The van der Waals surface area contributed by atoms with E-state index in [0.717, 1.165) is 0 Å². The van der Waals surface area contributed by atoms with Gasteiger partial charge in [0.2, 0.25) is 0 Å². The first-order valence-electron chi connectivity index (χ1n) is 1.73. The minimum absolute atomic E-state index is 0. The standard InChI is InChI=1S/2H3N.2H2O5S/c;;2*1-5-6(2,3)4/h2*1H3;2*1H,(H,2,3,4). The van der Waals surface area contributed by atoms with Crippen LogP contribution in [0.25, 0.3) is 0 Å². The minimum atomic E-state index is -4.61. The van der Waals surface area contributed by atoms with Gasteiger partial charge < -0.3 is 12.3 Å². The van der Waals surface area contributed by atoms with Gasteiger partial charge in [-0.1, -0.05) is 8.67 Å². The molecule has 0 unspecified atom stereocenters. The van der Waals surface area contributed by atoms with Gasteiger partial charge in [0.15, 0.2) is 0 Å². The molecule has 10 N–H and O–H groups in total. The summed E-state index contributed by atoms with van der Waals surface area (Å²) in [6.45, 7) is 0. The SMILES string of the molecule is N.N.O=S(=O)(O)OO.O=S(=O)(O)OO. The Morgan fingerprint density at radius 1 is 0.714 bits per heavy atom. The van der Waals surface area contributed by atoms with Crippen molar-refractivity contribution in [3.8, 4) is 0 Å². The molecule has 0 aromatic carbocycles. The Bertz CT molecular complexity index is 252. The Kier molecular flexibility index (Phi) is 15.3. The molecule has 0 rings (SSSR count). The van der Waals surface area contributed by atoms with Crippen molar-refractivity contribution in [3.05, 3.63) is 0 Å². The second-order valence-corrected chi connectivity index (χ2v) is 3.01. The maximum absolute atomic E-state index is 9.08. The summed E-state index contributed by atoms with van der Waals surface area (Å²) < 4.78 is 55.9. The molecule has 0 aliphatic carbocycles. The van der Waals surface area contributed by atoms with E-state index in [9.17, 15) is 0 Å². The summed E-state index contributed by atoms with van der Waals surface area (Å²) in [6.07, 6.45) is 0. The van der Waals surface area contributed by atoms with Gasteiger partial charge in [-0.3, -0.25) is 9.11 Å². The van der Waals surface area contributed by atoms with Crippen LogP contribution in [-0.4, -0.2) is 36.5 Å². The Morgan fingerprint density at radius 2 is 0.786 bits per heavy atom. The lowest BCUT2D eigenvalue weighted by atomic mass is 14.0. The van der Waals surface area contributed by atoms with Crippen molar-refractivity contribution in [2.24, 2.45) is 0 Å². The third-order valence-corrected chi connectivity index (χ3v) is 0.565. The normalized spacial score (nSPS) is 10.0. The maximum atomic E-state index is 9.08. The Balaban J connectivity index is -0.0000000625. The summed E-state index contributed by atoms with van der Waals surface area (Å²) >= 11 is 0. The van der Waals surface area contributed by atoms with E-state index < -0.39 is 20.8 Å². The first kappa shape index (κ1) is 23.4. The van der Waals surface area contributed by atoms with Gasteiger partial charge in [0, 0.05) is 0 Å². The first-order chi connectivity index (χ1) is 5.12. The van der Waals surface area contributed by atoms with E-state index in [0.29, 0.717) is 0 Å². The van der Waals surface area contributed by atoms with Gasteiger partial charge in [-0.15, -0.1) is 0 Å². The van der Waals surface area contributed by atoms with Crippen LogP contribution in [0.15, 0.2) is 0 Å². The molecule has 12 nitrogen and oxygen atoms in total. The fourth-order valence-corrected chi connectivity index (χ4v) is 0. The lowest BCUT2D eigenvalue weighted by Gasteiger charge is -1.79. The Hall–Kier alpha value is -0.420. The van der Waals surface area contributed by atoms with Gasteiger partial charge in [-0.25, -0.2) is 10.5 Å². The van der Waals surface area contributed by atoms with Crippen molar-refractivity contribution in [1.82, 2.24) is 12.3 Å². The molecule has 0 aliphatic heterocycles. The zero-order chi connectivity index (χ0) is 10.4. The molecular formula is H10N2O10S2. The molecule has 0 saturated heterocycles. The van der Waals surface area contributed by atoms with E-state index in [1.54, 1.807) is 0 Å². The van der Waals surface area contributed by atoms with Crippen molar-refractivity contribution in [2.45, 2.75) is 0 Å². The number of hydrogen-bond donors (Lipinski definition) is 6. The number of hydrogen-bond acceptors (Lipinski definition) is 10. The molecule has 0 aromatic rings. The van der Waals surface area contributed by atoms with Crippen LogP contribution in [0, 0.1) is 0 Å². The summed E-state index contributed by atoms with van der Waals surface area (Å²) in [4.78, 5) is 0. The van der Waals surface area contributed by atoms with Crippen molar-refractivity contribution in [1.29, 1.82) is 0 Å². The molecule has 0 spiro atoms. The fraction of sp³-hybridized carbons (Fsp3) is 0. The monoisotopic (exact) mass is 262 g/mol. The highest BCUT2D eigenvalue weighted by Crippen LogP contribution is 1.74. The van der Waals surface area contributed by atoms with E-state index >= 15 is 0 Å². The van der Waals surface area contributed by atoms with Crippen LogP contribution in [-0.2, 0) is 29.5 Å². The van der Waals surface area contributed by atoms with Gasteiger partial charge in [-0.2, -0.15) is 16.8 Å². The first-order valence-corrected chi connectivity index (χ1v) is 4.46. The van der Waals surface area contributed by atoms with Crippen molar-refractivity contribution >= 4 is 20.8 Å². The van der Waals surface area contributed by atoms with Gasteiger partial charge in [0.05, 0.1) is 0 Å². The summed E-state index contributed by atoms with van der Waals surface area (Å²) in [5.41, 5.74) is 0. The lowest BCUT2D eigenvalue weighted by molar-refractivity contribution is -0.139. The van der Waals surface area contributed by atoms with Crippen LogP contribution in [0.5, 0.6) is 0 Å². The van der Waals surface area contributed by atoms with Crippen LogP contribution in [0.1, 0.15) is 0 Å². The molecule has 0 amide bonds. The molecule has 0 radical (unpaired) electrons. The molecule has 0 saturated carbocycles. The largest absolute Gasteiger partial charge is 0.423 e. The van der Waals surface area contributed by atoms with E-state index in [1.165, 1.54) is 0 Å². The lowest BCUT2D eigenvalue weighted by Crippen LogP contribution is -1.97. The molecule has 0 aliphatic rings. The third kappa shape index (κ3) is 41.6. The smallest absolute Gasteiger partial charge is 0.344 e. The summed E-state index contributed by atoms with van der Waals surface area (Å²) in [5, 5.41) is 14.1. The van der Waals surface area contributed by atoms with Crippen molar-refractivity contribution in [2.75, 3.05) is 0 Å². The second kappa shape index (κ2) is 9.15. The van der Waals surface area contributed by atoms with E-state index in [-0.39, 0.29) is 12.3 Å². The average molecular weight is 262 g/mol. The van der Waals surface area contributed by atoms with E-state index in [1.807, 2.05) is 0 Å². The van der Waals surface area contributed by atoms with Crippen LogP contribution < -0.4 is 12.3 Å². The molecule has 0 bridgehead atoms. The van der Waals surface area contributed by atoms with Crippen LogP contribution >= 0.6 is 0 Å². The van der Waals surface area contributed by atoms with E-state index in [4.69, 9.17) is 36.5 Å². The molecule has 0 aromatic heterocycles. The van der Waals surface area contributed by atoms with Crippen LogP contribution in [0.2, 0.25) is 0 Å². The number of rotatable bonds is 2.